The maximum atomic E-state index is 10.1. The van der Waals surface area contributed by atoms with Crippen LogP contribution < -0.4 is 10.4 Å². The van der Waals surface area contributed by atoms with Gasteiger partial charge in [-0.05, 0) is 12.8 Å². The zero-order valence-electron chi connectivity index (χ0n) is 4.72. The number of nitrogens with one attached hydrogen (secondary N) is 1. The molecule has 1 N–H and O–H groups in total. The van der Waals surface area contributed by atoms with E-state index in [2.05, 4.69) is 0 Å². The fourth-order valence-electron chi connectivity index (χ4n) is 0.610. The van der Waals surface area contributed by atoms with Gasteiger partial charge >= 0.3 is 0 Å². The van der Waals surface area contributed by atoms with Crippen LogP contribution in [-0.2, 0) is 4.79 Å². The number of rotatable bonds is 2. The van der Waals surface area contributed by atoms with Crippen LogP contribution in [0, 0.1) is 0 Å². The van der Waals surface area contributed by atoms with Gasteiger partial charge in [0.2, 0.25) is 0 Å². The van der Waals surface area contributed by atoms with E-state index >= 15 is 0 Å². The highest BCUT2D eigenvalue weighted by Gasteiger charge is 2.42. The molecule has 0 saturated heterocycles. The molecule has 0 unspecified atom stereocenters. The Bertz CT molecular complexity index is 150. The third-order valence-corrected chi connectivity index (χ3v) is 1.37. The predicted molar refractivity (Wildman–Crippen MR) is 26.6 cm³/mol. The molecule has 0 aliphatic heterocycles. The first-order valence-electron chi connectivity index (χ1n) is 2.64. The molecule has 1 fully saturated rings. The van der Waals surface area contributed by atoms with Gasteiger partial charge in [0, 0.05) is 0 Å². The minimum absolute atomic E-state index is 0.602. The molecule has 0 atom stereocenters. The summed E-state index contributed by atoms with van der Waals surface area (Å²) in [6, 6.07) is 0. The Morgan fingerprint density at radius 1 is 1.67 bits per heavy atom. The topological polar surface area (TPSA) is 69.2 Å². The second kappa shape index (κ2) is 1.72. The normalized spacial score (nSPS) is 20.4. The van der Waals surface area contributed by atoms with Gasteiger partial charge in [0.05, 0.1) is 5.54 Å². The zero-order chi connectivity index (χ0) is 6.91. The van der Waals surface area contributed by atoms with Crippen molar-refractivity contribution in [2.75, 3.05) is 0 Å². The molecule has 0 heterocycles. The number of carbonyl (C=O) groups is 2. The van der Waals surface area contributed by atoms with Gasteiger partial charge in [0.15, 0.2) is 0 Å². The quantitative estimate of drug-likeness (QED) is 0.467. The molecule has 1 aliphatic carbocycles. The second-order valence-corrected chi connectivity index (χ2v) is 2.19. The van der Waals surface area contributed by atoms with Gasteiger partial charge in [-0.1, -0.05) is 0 Å². The SMILES string of the molecule is O=CC1(NC(=O)[O-])CC1. The molecule has 50 valence electrons. The van der Waals surface area contributed by atoms with E-state index in [9.17, 15) is 14.7 Å². The van der Waals surface area contributed by atoms with Crippen molar-refractivity contribution in [3.63, 3.8) is 0 Å². The van der Waals surface area contributed by atoms with Gasteiger partial charge in [-0.2, -0.15) is 0 Å². The average molecular weight is 128 g/mol. The van der Waals surface area contributed by atoms with Gasteiger partial charge in [-0.15, -0.1) is 0 Å². The van der Waals surface area contributed by atoms with E-state index in [-0.39, 0.29) is 0 Å². The highest BCUT2D eigenvalue weighted by atomic mass is 16.4. The fraction of sp³-hybridized carbons (Fsp3) is 0.600. The first-order chi connectivity index (χ1) is 4.18. The molecular weight excluding hydrogens is 122 g/mol. The third kappa shape index (κ3) is 1.19. The standard InChI is InChI=1S/C5H7NO3/c7-3-5(1-2-5)6-4(8)9/h3,6H,1-2H2,(H,8,9)/p-1. The third-order valence-electron chi connectivity index (χ3n) is 1.37. The molecule has 4 heteroatoms. The van der Waals surface area contributed by atoms with E-state index in [1.807, 2.05) is 5.32 Å². The molecular formula is C5H6NO3-. The number of carboxylic acid groups (broad SMARTS) is 1. The number of amides is 1. The van der Waals surface area contributed by atoms with Crippen molar-refractivity contribution < 1.29 is 14.7 Å². The van der Waals surface area contributed by atoms with E-state index in [1.165, 1.54) is 0 Å². The number of carbonyl (C=O) groups excluding carboxylic acids is 2. The highest BCUT2D eigenvalue weighted by molar-refractivity contribution is 5.77. The summed E-state index contributed by atoms with van der Waals surface area (Å²) in [5.74, 6) is 0. The summed E-state index contributed by atoms with van der Waals surface area (Å²) in [5, 5.41) is 11.9. The molecule has 0 aromatic heterocycles. The van der Waals surface area contributed by atoms with Crippen LogP contribution in [0.15, 0.2) is 0 Å². The Labute approximate surface area is 51.9 Å². The van der Waals surface area contributed by atoms with Crippen molar-refractivity contribution >= 4 is 12.4 Å². The fourth-order valence-corrected chi connectivity index (χ4v) is 0.610. The van der Waals surface area contributed by atoms with Gasteiger partial charge in [-0.3, -0.25) is 0 Å². The lowest BCUT2D eigenvalue weighted by Crippen LogP contribution is -2.45. The Hall–Kier alpha value is -1.06. The van der Waals surface area contributed by atoms with Crippen LogP contribution >= 0.6 is 0 Å². The van der Waals surface area contributed by atoms with Crippen molar-refractivity contribution in [1.29, 1.82) is 0 Å². The lowest BCUT2D eigenvalue weighted by molar-refractivity contribution is -0.251. The molecule has 0 spiro atoms. The van der Waals surface area contributed by atoms with E-state index in [1.54, 1.807) is 0 Å². The molecule has 0 aromatic carbocycles. The van der Waals surface area contributed by atoms with Crippen LogP contribution in [0.25, 0.3) is 0 Å². The summed E-state index contributed by atoms with van der Waals surface area (Å²) in [6.07, 6.45) is 0.442. The van der Waals surface area contributed by atoms with Gasteiger partial charge in [0.25, 0.3) is 0 Å². The van der Waals surface area contributed by atoms with Gasteiger partial charge in [0.1, 0.15) is 12.4 Å². The Kier molecular flexibility index (Phi) is 1.16. The molecule has 1 amide bonds. The van der Waals surface area contributed by atoms with Crippen molar-refractivity contribution in [3.05, 3.63) is 0 Å². The number of hydrogen-bond donors (Lipinski definition) is 1. The smallest absolute Gasteiger partial charge is 0.145 e. The summed E-state index contributed by atoms with van der Waals surface area (Å²) in [4.78, 5) is 19.9. The summed E-state index contributed by atoms with van der Waals surface area (Å²) in [7, 11) is 0. The molecule has 0 bridgehead atoms. The largest absolute Gasteiger partial charge is 0.530 e. The molecule has 1 aliphatic rings. The molecule has 1 rings (SSSR count). The maximum Gasteiger partial charge on any atom is 0.145 e. The summed E-state index contributed by atoms with van der Waals surface area (Å²) < 4.78 is 0. The first kappa shape index (κ1) is 6.07. The van der Waals surface area contributed by atoms with E-state index < -0.39 is 11.6 Å². The lowest BCUT2D eigenvalue weighted by atomic mass is 10.3. The highest BCUT2D eigenvalue weighted by Crippen LogP contribution is 2.32. The van der Waals surface area contributed by atoms with Crippen molar-refractivity contribution in [2.24, 2.45) is 0 Å². The van der Waals surface area contributed by atoms with Crippen LogP contribution in [-0.4, -0.2) is 17.9 Å². The van der Waals surface area contributed by atoms with Crippen LogP contribution in [0.3, 0.4) is 0 Å². The summed E-state index contributed by atoms with van der Waals surface area (Å²) in [6.45, 7) is 0. The minimum Gasteiger partial charge on any atom is -0.530 e. The van der Waals surface area contributed by atoms with Crippen molar-refractivity contribution in [1.82, 2.24) is 5.32 Å². The Morgan fingerprint density at radius 2 is 2.22 bits per heavy atom. The molecule has 1 saturated carbocycles. The lowest BCUT2D eigenvalue weighted by Gasteiger charge is -2.10. The Morgan fingerprint density at radius 3 is 2.33 bits per heavy atom. The average Bonchev–Trinajstić information content (AvgIpc) is 2.48. The monoisotopic (exact) mass is 128 g/mol. The number of aldehydes is 1. The van der Waals surface area contributed by atoms with Crippen LogP contribution in [0.5, 0.6) is 0 Å². The summed E-state index contributed by atoms with van der Waals surface area (Å²) >= 11 is 0. The molecule has 0 aromatic rings. The van der Waals surface area contributed by atoms with Crippen LogP contribution in [0.2, 0.25) is 0 Å². The van der Waals surface area contributed by atoms with E-state index in [0.29, 0.717) is 19.1 Å². The van der Waals surface area contributed by atoms with Gasteiger partial charge in [-0.25, -0.2) is 0 Å². The van der Waals surface area contributed by atoms with Gasteiger partial charge < -0.3 is 20.0 Å². The molecule has 4 nitrogen and oxygen atoms in total. The summed E-state index contributed by atoms with van der Waals surface area (Å²) in [5.41, 5.74) is -0.779. The van der Waals surface area contributed by atoms with E-state index in [0.717, 1.165) is 0 Å². The predicted octanol–water partition coefficient (Wildman–Crippen LogP) is -1.35. The van der Waals surface area contributed by atoms with Crippen LogP contribution in [0.1, 0.15) is 12.8 Å². The van der Waals surface area contributed by atoms with Crippen molar-refractivity contribution in [3.8, 4) is 0 Å². The molecule has 9 heavy (non-hydrogen) atoms. The Balaban J connectivity index is 2.42. The molecule has 0 radical (unpaired) electrons. The maximum absolute atomic E-state index is 10.1. The zero-order valence-corrected chi connectivity index (χ0v) is 4.72. The minimum atomic E-state index is -1.38. The second-order valence-electron chi connectivity index (χ2n) is 2.19. The van der Waals surface area contributed by atoms with Crippen molar-refractivity contribution in [2.45, 2.75) is 18.4 Å². The number of hydrogen-bond acceptors (Lipinski definition) is 3. The first-order valence-corrected chi connectivity index (χ1v) is 2.64. The van der Waals surface area contributed by atoms with Crippen LogP contribution in [0.4, 0.5) is 4.79 Å². The van der Waals surface area contributed by atoms with E-state index in [4.69, 9.17) is 0 Å².